The van der Waals surface area contributed by atoms with Crippen molar-refractivity contribution in [2.24, 2.45) is 5.10 Å². The van der Waals surface area contributed by atoms with E-state index in [1.807, 2.05) is 69.3 Å². The third kappa shape index (κ3) is 5.38. The highest BCUT2D eigenvalue weighted by atomic mass is 79.9. The highest BCUT2D eigenvalue weighted by Crippen LogP contribution is 2.26. The fraction of sp³-hybridized carbons (Fsp3) is 0.167. The number of hydrogen-bond donors (Lipinski definition) is 0. The summed E-state index contributed by atoms with van der Waals surface area (Å²) < 4.78 is 9.36. The molecule has 0 saturated carbocycles. The molecule has 5 nitrogen and oxygen atoms in total. The Morgan fingerprint density at radius 2 is 1.65 bits per heavy atom. The van der Waals surface area contributed by atoms with Gasteiger partial charge in [0.25, 0.3) is 5.56 Å². The van der Waals surface area contributed by atoms with Crippen LogP contribution in [0.15, 0.2) is 97.7 Å². The molecule has 1 aromatic heterocycles. The van der Waals surface area contributed by atoms with Crippen LogP contribution in [0.4, 0.5) is 0 Å². The number of aromatic nitrogens is 2. The molecule has 186 valence electrons. The molecule has 0 aliphatic carbocycles. The molecule has 0 unspecified atom stereocenters. The quantitative estimate of drug-likeness (QED) is 0.189. The summed E-state index contributed by atoms with van der Waals surface area (Å²) >= 11 is 7.01. The van der Waals surface area contributed by atoms with Gasteiger partial charge in [-0.05, 0) is 52.7 Å². The second-order valence-corrected chi connectivity index (χ2v) is 11.6. The monoisotopic (exact) mass is 617 g/mol. The molecule has 0 spiro atoms. The molecule has 0 aliphatic rings. The van der Waals surface area contributed by atoms with Gasteiger partial charge in [0.2, 0.25) is 0 Å². The van der Waals surface area contributed by atoms with Gasteiger partial charge in [0.05, 0.1) is 17.1 Å². The molecule has 0 aliphatic heterocycles. The van der Waals surface area contributed by atoms with Crippen molar-refractivity contribution in [3.63, 3.8) is 0 Å². The Morgan fingerprint density at radius 3 is 2.46 bits per heavy atom. The van der Waals surface area contributed by atoms with Crippen LogP contribution in [0, 0.1) is 0 Å². The number of nitrogens with zero attached hydrogens (tertiary/aromatic N) is 3. The number of hydrogen-bond acceptors (Lipinski definition) is 4. The van der Waals surface area contributed by atoms with Crippen LogP contribution in [0.25, 0.3) is 21.7 Å². The maximum absolute atomic E-state index is 13.5. The molecule has 37 heavy (non-hydrogen) atoms. The lowest BCUT2D eigenvalue weighted by atomic mass is 9.95. The van der Waals surface area contributed by atoms with Gasteiger partial charge in [-0.15, -0.1) is 0 Å². The van der Waals surface area contributed by atoms with E-state index in [-0.39, 0.29) is 5.56 Å². The van der Waals surface area contributed by atoms with Gasteiger partial charge >= 0.3 is 0 Å². The number of rotatable bonds is 5. The molecule has 0 radical (unpaired) electrons. The normalized spacial score (nSPS) is 12.0. The molecular weight excluding hydrogens is 594 g/mol. The first-order valence-electron chi connectivity index (χ1n) is 11.9. The molecule has 5 rings (SSSR count). The highest BCUT2D eigenvalue weighted by molar-refractivity contribution is 9.10. The second kappa shape index (κ2) is 10.2. The number of fused-ring (bicyclic) bond motifs is 2. The lowest BCUT2D eigenvalue weighted by molar-refractivity contribution is 0.307. The minimum absolute atomic E-state index is 0.222. The third-order valence-corrected chi connectivity index (χ3v) is 7.01. The fourth-order valence-electron chi connectivity index (χ4n) is 4.19. The molecule has 0 atom stereocenters. The van der Waals surface area contributed by atoms with Gasteiger partial charge in [0, 0.05) is 19.9 Å². The summed E-state index contributed by atoms with van der Waals surface area (Å²) in [6.07, 6.45) is 1.66. The maximum atomic E-state index is 13.5. The van der Waals surface area contributed by atoms with E-state index in [1.165, 1.54) is 10.1 Å². The molecule has 0 amide bonds. The Balaban J connectivity index is 1.54. The van der Waals surface area contributed by atoms with Crippen LogP contribution >= 0.6 is 31.9 Å². The average molecular weight is 619 g/mol. The van der Waals surface area contributed by atoms with E-state index < -0.39 is 5.41 Å². The SMILES string of the molecule is CC(C)(C)c1nc2ccc(Br)cc2c(=O)n1N=Cc1cc(Br)ccc1OCc1cccc2ccccc12. The van der Waals surface area contributed by atoms with Crippen molar-refractivity contribution in [2.45, 2.75) is 32.8 Å². The van der Waals surface area contributed by atoms with Gasteiger partial charge in [-0.2, -0.15) is 9.78 Å². The van der Waals surface area contributed by atoms with E-state index in [1.54, 1.807) is 12.3 Å². The van der Waals surface area contributed by atoms with Gasteiger partial charge in [0.1, 0.15) is 18.2 Å². The zero-order valence-corrected chi connectivity index (χ0v) is 23.9. The van der Waals surface area contributed by atoms with Crippen LogP contribution in [-0.2, 0) is 12.0 Å². The molecule has 0 N–H and O–H groups in total. The van der Waals surface area contributed by atoms with Crippen molar-refractivity contribution in [2.75, 3.05) is 0 Å². The van der Waals surface area contributed by atoms with E-state index in [0.717, 1.165) is 25.5 Å². The average Bonchev–Trinajstić information content (AvgIpc) is 2.87. The lowest BCUT2D eigenvalue weighted by Crippen LogP contribution is -2.29. The molecule has 0 fully saturated rings. The Hall–Kier alpha value is -3.29. The van der Waals surface area contributed by atoms with Gasteiger partial charge in [-0.25, -0.2) is 4.98 Å². The molecule has 0 saturated heterocycles. The van der Waals surface area contributed by atoms with Crippen LogP contribution < -0.4 is 10.3 Å². The van der Waals surface area contributed by atoms with E-state index in [2.05, 4.69) is 61.2 Å². The smallest absolute Gasteiger partial charge is 0.282 e. The Labute approximate surface area is 232 Å². The first kappa shape index (κ1) is 25.4. The minimum atomic E-state index is -0.400. The number of halogens is 2. The third-order valence-electron chi connectivity index (χ3n) is 6.03. The second-order valence-electron chi connectivity index (χ2n) is 9.82. The summed E-state index contributed by atoms with van der Waals surface area (Å²) in [6.45, 7) is 6.46. The maximum Gasteiger partial charge on any atom is 0.282 e. The number of ether oxygens (including phenoxy) is 1. The van der Waals surface area contributed by atoms with Gasteiger partial charge in [0.15, 0.2) is 0 Å². The van der Waals surface area contributed by atoms with Crippen LogP contribution in [0.5, 0.6) is 5.75 Å². The van der Waals surface area contributed by atoms with Crippen molar-refractivity contribution >= 4 is 59.7 Å². The van der Waals surface area contributed by atoms with Crippen LogP contribution in [0.1, 0.15) is 37.7 Å². The van der Waals surface area contributed by atoms with Crippen LogP contribution in [-0.4, -0.2) is 15.9 Å². The first-order chi connectivity index (χ1) is 17.7. The Morgan fingerprint density at radius 1 is 0.919 bits per heavy atom. The predicted octanol–water partition coefficient (Wildman–Crippen LogP) is 7.83. The topological polar surface area (TPSA) is 56.5 Å². The van der Waals surface area contributed by atoms with Crippen LogP contribution in [0.2, 0.25) is 0 Å². The van der Waals surface area contributed by atoms with Gasteiger partial charge in [-0.1, -0.05) is 95.1 Å². The largest absolute Gasteiger partial charge is 0.488 e. The summed E-state index contributed by atoms with van der Waals surface area (Å²) in [6, 6.07) is 25.7. The molecule has 7 heteroatoms. The van der Waals surface area contributed by atoms with E-state index in [4.69, 9.17) is 9.72 Å². The standard InChI is InChI=1S/C30H25Br2N3O2/c1-30(2,3)29-34-26-13-11-23(32)16-25(26)28(36)35(29)33-17-21-15-22(31)12-14-27(21)37-18-20-9-6-8-19-7-4-5-10-24(19)20/h4-17H,18H2,1-3H3. The zero-order chi connectivity index (χ0) is 26.2. The summed E-state index contributed by atoms with van der Waals surface area (Å²) in [5.41, 5.74) is 1.87. The van der Waals surface area contributed by atoms with E-state index >= 15 is 0 Å². The summed E-state index contributed by atoms with van der Waals surface area (Å²) in [7, 11) is 0. The van der Waals surface area contributed by atoms with Gasteiger partial charge in [-0.3, -0.25) is 4.79 Å². The summed E-state index contributed by atoms with van der Waals surface area (Å²) in [4.78, 5) is 18.3. The van der Waals surface area contributed by atoms with Crippen molar-refractivity contribution in [1.82, 2.24) is 9.66 Å². The van der Waals surface area contributed by atoms with Crippen LogP contribution in [0.3, 0.4) is 0 Å². The first-order valence-corrected chi connectivity index (χ1v) is 13.5. The highest BCUT2D eigenvalue weighted by Gasteiger charge is 2.23. The zero-order valence-electron chi connectivity index (χ0n) is 20.7. The van der Waals surface area contributed by atoms with Crippen molar-refractivity contribution in [3.8, 4) is 5.75 Å². The predicted molar refractivity (Wildman–Crippen MR) is 158 cm³/mol. The van der Waals surface area contributed by atoms with E-state index in [0.29, 0.717) is 29.1 Å². The number of benzene rings is 4. The summed E-state index contributed by atoms with van der Waals surface area (Å²) in [5, 5.41) is 7.46. The fourth-order valence-corrected chi connectivity index (χ4v) is 4.93. The van der Waals surface area contributed by atoms with Crippen molar-refractivity contribution in [1.29, 1.82) is 0 Å². The molecule has 5 aromatic rings. The van der Waals surface area contributed by atoms with Crippen molar-refractivity contribution < 1.29 is 4.74 Å². The molecule has 1 heterocycles. The molecule has 0 bridgehead atoms. The van der Waals surface area contributed by atoms with Gasteiger partial charge < -0.3 is 4.74 Å². The molecular formula is C30H25Br2N3O2. The van der Waals surface area contributed by atoms with Crippen molar-refractivity contribution in [3.05, 3.63) is 115 Å². The lowest BCUT2D eigenvalue weighted by Gasteiger charge is -2.21. The minimum Gasteiger partial charge on any atom is -0.488 e. The summed E-state index contributed by atoms with van der Waals surface area (Å²) in [5.74, 6) is 1.25. The van der Waals surface area contributed by atoms with E-state index in [9.17, 15) is 4.79 Å². The Bertz CT molecular complexity index is 1710. The molecule has 4 aromatic carbocycles. The Kier molecular flexibility index (Phi) is 7.01.